The predicted molar refractivity (Wildman–Crippen MR) is 178 cm³/mol. The number of halogens is 3. The Labute approximate surface area is 288 Å². The summed E-state index contributed by atoms with van der Waals surface area (Å²) in [5, 5.41) is 4.56. The van der Waals surface area contributed by atoms with E-state index in [2.05, 4.69) is 38.3 Å². The van der Waals surface area contributed by atoms with Gasteiger partial charge in [-0.25, -0.2) is 4.98 Å². The number of hydrogen-bond donors (Lipinski definition) is 1. The minimum Gasteiger partial charge on any atom is -0.461 e. The van der Waals surface area contributed by atoms with E-state index in [9.17, 15) is 18.0 Å². The number of nitrogens with two attached hydrogens (primary N) is 1. The monoisotopic (exact) mass is 691 g/mol. The van der Waals surface area contributed by atoms with Gasteiger partial charge >= 0.3 is 12.2 Å². The van der Waals surface area contributed by atoms with E-state index >= 15 is 0 Å². The number of aromatic nitrogens is 5. The van der Waals surface area contributed by atoms with Crippen LogP contribution in [0.5, 0.6) is 6.01 Å². The van der Waals surface area contributed by atoms with Crippen molar-refractivity contribution in [2.24, 2.45) is 0 Å². The lowest BCUT2D eigenvalue weighted by molar-refractivity contribution is -0.140. The summed E-state index contributed by atoms with van der Waals surface area (Å²) in [7, 11) is 3.36. The largest absolute Gasteiger partial charge is 0.461 e. The number of nitrogen functional groups attached to an aromatic ring is 1. The van der Waals surface area contributed by atoms with Crippen LogP contribution in [-0.4, -0.2) is 86.3 Å². The molecule has 2 atom stereocenters. The van der Waals surface area contributed by atoms with Crippen molar-refractivity contribution in [1.29, 1.82) is 0 Å². The van der Waals surface area contributed by atoms with Gasteiger partial charge in [0.1, 0.15) is 24.3 Å². The van der Waals surface area contributed by atoms with Crippen molar-refractivity contribution >= 4 is 17.5 Å². The molecule has 2 saturated heterocycles. The Hall–Kier alpha value is -4.68. The number of fused-ring (bicyclic) bond motifs is 3. The molecule has 2 fully saturated rings. The second-order valence-electron chi connectivity index (χ2n) is 13.7. The Morgan fingerprint density at radius 2 is 2.00 bits per heavy atom. The van der Waals surface area contributed by atoms with Crippen LogP contribution in [0.1, 0.15) is 83.0 Å². The first kappa shape index (κ1) is 33.8. The molecule has 1 amide bonds. The first-order valence-electron chi connectivity index (χ1n) is 16.7. The van der Waals surface area contributed by atoms with Crippen LogP contribution >= 0.6 is 0 Å². The first-order valence-corrected chi connectivity index (χ1v) is 16.7. The van der Waals surface area contributed by atoms with Gasteiger partial charge in [0.2, 0.25) is 0 Å². The van der Waals surface area contributed by atoms with Crippen LogP contribution in [0.15, 0.2) is 24.3 Å². The molecule has 0 spiro atoms. The number of amides is 1. The van der Waals surface area contributed by atoms with Crippen LogP contribution in [0.25, 0.3) is 0 Å². The van der Waals surface area contributed by atoms with Gasteiger partial charge in [0.25, 0.3) is 5.91 Å². The molecule has 7 heterocycles. The van der Waals surface area contributed by atoms with Crippen LogP contribution in [0, 0.1) is 11.8 Å². The molecule has 50 heavy (non-hydrogen) atoms. The highest BCUT2D eigenvalue weighted by molar-refractivity contribution is 5.92. The second-order valence-corrected chi connectivity index (χ2v) is 13.7. The fraction of sp³-hybridized carbons (Fsp3) is 0.514. The molecule has 15 heteroatoms. The summed E-state index contributed by atoms with van der Waals surface area (Å²) in [5.41, 5.74) is 7.79. The summed E-state index contributed by atoms with van der Waals surface area (Å²) < 4.78 is 58.0. The Morgan fingerprint density at radius 3 is 2.76 bits per heavy atom. The number of carbonyl (C=O) groups excluding carboxylic acids is 1. The van der Waals surface area contributed by atoms with Crippen molar-refractivity contribution in [1.82, 2.24) is 34.5 Å². The third kappa shape index (κ3) is 6.26. The number of carbonyl (C=O) groups is 1. The molecule has 12 nitrogen and oxygen atoms in total. The molecule has 3 aromatic rings. The van der Waals surface area contributed by atoms with Gasteiger partial charge < -0.3 is 25.0 Å². The van der Waals surface area contributed by atoms with Crippen molar-refractivity contribution in [2.45, 2.75) is 76.5 Å². The highest BCUT2D eigenvalue weighted by Crippen LogP contribution is 2.43. The number of alkyl halides is 3. The average molecular weight is 692 g/mol. The molecule has 0 aliphatic carbocycles. The summed E-state index contributed by atoms with van der Waals surface area (Å²) >= 11 is 0. The zero-order chi connectivity index (χ0) is 35.4. The van der Waals surface area contributed by atoms with Crippen molar-refractivity contribution in [3.8, 4) is 17.9 Å². The molecule has 0 bridgehead atoms. The maximum atomic E-state index is 14.5. The van der Waals surface area contributed by atoms with Crippen LogP contribution in [0.3, 0.4) is 0 Å². The maximum Gasteiger partial charge on any atom is 0.419 e. The first-order chi connectivity index (χ1) is 23.8. The number of hydrogen-bond acceptors (Lipinski definition) is 10. The fourth-order valence-electron chi connectivity index (χ4n) is 7.70. The summed E-state index contributed by atoms with van der Waals surface area (Å²) in [4.78, 5) is 32.5. The fourth-order valence-corrected chi connectivity index (χ4v) is 7.70. The van der Waals surface area contributed by atoms with Crippen LogP contribution in [0.2, 0.25) is 0 Å². The third-order valence-corrected chi connectivity index (χ3v) is 9.92. The van der Waals surface area contributed by atoms with Gasteiger partial charge in [-0.15, -0.1) is 5.92 Å². The molecule has 2 N–H and O–H groups in total. The molecule has 7 rings (SSSR count). The molecule has 0 saturated carbocycles. The molecule has 4 aliphatic heterocycles. The lowest BCUT2D eigenvalue weighted by atomic mass is 9.94. The molecule has 0 radical (unpaired) electrons. The Kier molecular flexibility index (Phi) is 8.72. The van der Waals surface area contributed by atoms with Gasteiger partial charge in [-0.1, -0.05) is 18.1 Å². The van der Waals surface area contributed by atoms with E-state index in [0.29, 0.717) is 55.4 Å². The molecule has 4 aliphatic rings. The van der Waals surface area contributed by atoms with Gasteiger partial charge in [-0.05, 0) is 51.3 Å². The zero-order valence-electron chi connectivity index (χ0n) is 28.4. The summed E-state index contributed by atoms with van der Waals surface area (Å²) in [6, 6.07) is 3.07. The molecule has 0 aromatic carbocycles. The van der Waals surface area contributed by atoms with Crippen molar-refractivity contribution < 1.29 is 27.4 Å². The quantitative estimate of drug-likeness (QED) is 0.298. The van der Waals surface area contributed by atoms with Crippen LogP contribution in [0.4, 0.5) is 24.8 Å². The Morgan fingerprint density at radius 1 is 1.18 bits per heavy atom. The lowest BCUT2D eigenvalue weighted by Crippen LogP contribution is -2.43. The second kappa shape index (κ2) is 12.9. The highest BCUT2D eigenvalue weighted by Gasteiger charge is 2.47. The highest BCUT2D eigenvalue weighted by atomic mass is 19.4. The SMILES string of the molecule is C=C1CN2CCC[C@@]2(COc2nc3c(c(N4CCCn5nc(C(=O)N(C)C)cc5C4)n2)COC(c2nc(N)cc(C#CC)c2C(F)(F)F)C3)C1. The van der Waals surface area contributed by atoms with Crippen molar-refractivity contribution in [2.75, 3.05) is 51.0 Å². The molecule has 1 unspecified atom stereocenters. The number of pyridine rings is 1. The molecule has 264 valence electrons. The maximum absolute atomic E-state index is 14.5. The molecular formula is C35H40F3N9O3. The minimum atomic E-state index is -4.75. The summed E-state index contributed by atoms with van der Waals surface area (Å²) in [5.74, 6) is 5.38. The average Bonchev–Trinajstić information content (AvgIpc) is 3.69. The number of ether oxygens (including phenoxy) is 2. The van der Waals surface area contributed by atoms with E-state index in [-0.39, 0.29) is 47.6 Å². The van der Waals surface area contributed by atoms with Crippen molar-refractivity contribution in [3.05, 3.63) is 63.8 Å². The van der Waals surface area contributed by atoms with E-state index in [1.807, 2.05) is 4.68 Å². The van der Waals surface area contributed by atoms with Crippen LogP contribution in [-0.2, 0) is 37.0 Å². The molecule has 3 aromatic heterocycles. The molecular weight excluding hydrogens is 651 g/mol. The van der Waals surface area contributed by atoms with Crippen LogP contribution < -0.4 is 15.4 Å². The zero-order valence-corrected chi connectivity index (χ0v) is 28.4. The number of anilines is 2. The Bertz CT molecular complexity index is 1910. The lowest BCUT2D eigenvalue weighted by Gasteiger charge is -2.33. The van der Waals surface area contributed by atoms with Gasteiger partial charge in [-0.2, -0.15) is 28.2 Å². The number of rotatable bonds is 6. The van der Waals surface area contributed by atoms with E-state index in [1.165, 1.54) is 11.8 Å². The standard InChI is InChI=1S/C35H40F3N9O3/c1-5-8-22-13-28(39)41-30(29(22)35(36,37)38)27-15-25-24(19-49-27)31(42-33(40-25)50-20-34-9-6-11-46(34)17-21(2)16-34)45-10-7-12-47-23(18-45)14-26(43-47)32(48)44(3)4/h13-14,27H,2,6-7,9-12,15-20H2,1,3-4H3,(H2,39,41)/t27?,34-/m0/s1. The van der Waals surface area contributed by atoms with Crippen molar-refractivity contribution in [3.63, 3.8) is 0 Å². The van der Waals surface area contributed by atoms with E-state index in [4.69, 9.17) is 25.2 Å². The Balaban J connectivity index is 1.27. The topological polar surface area (TPSA) is 128 Å². The van der Waals surface area contributed by atoms with Gasteiger partial charge in [0, 0.05) is 51.3 Å². The number of nitrogens with zero attached hydrogens (tertiary/aromatic N) is 8. The minimum absolute atomic E-state index is 0.0128. The number of aryl methyl sites for hydroxylation is 1. The summed E-state index contributed by atoms with van der Waals surface area (Å²) in [6.07, 6.45) is -2.28. The van der Waals surface area contributed by atoms with Gasteiger partial charge in [0.15, 0.2) is 5.69 Å². The van der Waals surface area contributed by atoms with E-state index in [0.717, 1.165) is 49.7 Å². The normalized spacial score (nSPS) is 21.9. The van der Waals surface area contributed by atoms with E-state index in [1.54, 1.807) is 20.2 Å². The van der Waals surface area contributed by atoms with Gasteiger partial charge in [-0.3, -0.25) is 14.4 Å². The van der Waals surface area contributed by atoms with E-state index < -0.39 is 17.8 Å². The van der Waals surface area contributed by atoms with Gasteiger partial charge in [0.05, 0.1) is 41.3 Å². The summed E-state index contributed by atoms with van der Waals surface area (Å²) in [6.45, 7) is 9.40. The smallest absolute Gasteiger partial charge is 0.419 e. The third-order valence-electron chi connectivity index (χ3n) is 9.92. The predicted octanol–water partition coefficient (Wildman–Crippen LogP) is 4.14.